The summed E-state index contributed by atoms with van der Waals surface area (Å²) in [6, 6.07) is 24.6. The predicted molar refractivity (Wildman–Crippen MR) is 119 cm³/mol. The first kappa shape index (κ1) is 20.4. The third-order valence-corrected chi connectivity index (χ3v) is 5.46. The Morgan fingerprint density at radius 2 is 1.53 bits per heavy atom. The molecule has 1 fully saturated rings. The highest BCUT2D eigenvalue weighted by molar-refractivity contribution is 5.85. The lowest BCUT2D eigenvalue weighted by molar-refractivity contribution is -0.138. The summed E-state index contributed by atoms with van der Waals surface area (Å²) in [4.78, 5) is 16.7. The first-order chi connectivity index (χ1) is 14.8. The molecule has 1 aliphatic heterocycles. The van der Waals surface area contributed by atoms with Gasteiger partial charge in [0.05, 0.1) is 6.61 Å². The van der Waals surface area contributed by atoms with Crippen molar-refractivity contribution in [1.29, 1.82) is 0 Å². The Morgan fingerprint density at radius 3 is 2.37 bits per heavy atom. The molecule has 0 saturated carbocycles. The van der Waals surface area contributed by atoms with E-state index in [0.717, 1.165) is 38.5 Å². The van der Waals surface area contributed by atoms with Gasteiger partial charge in [-0.2, -0.15) is 0 Å². The van der Waals surface area contributed by atoms with Crippen molar-refractivity contribution in [3.63, 3.8) is 0 Å². The van der Waals surface area contributed by atoms with Gasteiger partial charge in [-0.05, 0) is 28.5 Å². The van der Waals surface area contributed by atoms with Crippen LogP contribution in [0, 0.1) is 0 Å². The fraction of sp³-hybridized carbons (Fsp3) is 0.320. The van der Waals surface area contributed by atoms with Gasteiger partial charge in [0.2, 0.25) is 5.91 Å². The number of carbonyl (C=O) groups is 1. The highest BCUT2D eigenvalue weighted by atomic mass is 16.5. The van der Waals surface area contributed by atoms with Crippen LogP contribution in [-0.2, 0) is 16.1 Å². The number of hydrogen-bond acceptors (Lipinski definition) is 4. The Hall–Kier alpha value is -2.89. The largest absolute Gasteiger partial charge is 0.491 e. The second-order valence-corrected chi connectivity index (χ2v) is 7.51. The molecule has 0 N–H and O–H groups in total. The number of piperazine rings is 1. The van der Waals surface area contributed by atoms with Crippen LogP contribution in [-0.4, -0.2) is 61.7 Å². The summed E-state index contributed by atoms with van der Waals surface area (Å²) in [5.74, 6) is 0.870. The van der Waals surface area contributed by atoms with E-state index in [0.29, 0.717) is 13.2 Å². The molecule has 0 radical (unpaired) electrons. The van der Waals surface area contributed by atoms with E-state index in [2.05, 4.69) is 47.4 Å². The maximum Gasteiger partial charge on any atom is 0.248 e. The van der Waals surface area contributed by atoms with Crippen LogP contribution in [0.25, 0.3) is 10.8 Å². The molecule has 0 spiro atoms. The molecule has 3 aromatic rings. The van der Waals surface area contributed by atoms with E-state index in [-0.39, 0.29) is 12.5 Å². The zero-order chi connectivity index (χ0) is 20.6. The summed E-state index contributed by atoms with van der Waals surface area (Å²) in [7, 11) is 0. The van der Waals surface area contributed by atoms with E-state index < -0.39 is 0 Å². The minimum absolute atomic E-state index is 0.0551. The lowest BCUT2D eigenvalue weighted by atomic mass is 10.0. The van der Waals surface area contributed by atoms with Crippen molar-refractivity contribution >= 4 is 16.7 Å². The second-order valence-electron chi connectivity index (χ2n) is 7.51. The van der Waals surface area contributed by atoms with Crippen molar-refractivity contribution in [2.24, 2.45) is 0 Å². The maximum absolute atomic E-state index is 12.4. The third-order valence-electron chi connectivity index (χ3n) is 5.46. The van der Waals surface area contributed by atoms with Crippen molar-refractivity contribution < 1.29 is 14.3 Å². The molecule has 1 saturated heterocycles. The van der Waals surface area contributed by atoms with Gasteiger partial charge in [0, 0.05) is 32.7 Å². The van der Waals surface area contributed by atoms with Gasteiger partial charge in [-0.3, -0.25) is 9.69 Å². The van der Waals surface area contributed by atoms with E-state index in [4.69, 9.17) is 9.47 Å². The Bertz CT molecular complexity index is 948. The number of hydrogen-bond donors (Lipinski definition) is 0. The van der Waals surface area contributed by atoms with Crippen LogP contribution in [0.15, 0.2) is 72.8 Å². The lowest BCUT2D eigenvalue weighted by Crippen LogP contribution is -2.49. The highest BCUT2D eigenvalue weighted by Crippen LogP contribution is 2.20. The van der Waals surface area contributed by atoms with Gasteiger partial charge in [-0.25, -0.2) is 0 Å². The quantitative estimate of drug-likeness (QED) is 0.538. The van der Waals surface area contributed by atoms with Gasteiger partial charge in [0.15, 0.2) is 0 Å². The molecule has 1 amide bonds. The molecule has 3 aromatic carbocycles. The van der Waals surface area contributed by atoms with Crippen LogP contribution >= 0.6 is 0 Å². The van der Waals surface area contributed by atoms with Gasteiger partial charge < -0.3 is 14.4 Å². The fourth-order valence-corrected chi connectivity index (χ4v) is 3.81. The Balaban J connectivity index is 1.17. The maximum atomic E-state index is 12.4. The number of amides is 1. The SMILES string of the molecule is O=C(COCCOc1ccccc1)N1CCN(Cc2cccc3ccccc23)CC1. The lowest BCUT2D eigenvalue weighted by Gasteiger charge is -2.35. The molecule has 0 bridgehead atoms. The smallest absolute Gasteiger partial charge is 0.248 e. The number of rotatable bonds is 8. The van der Waals surface area contributed by atoms with Gasteiger partial charge >= 0.3 is 0 Å². The zero-order valence-corrected chi connectivity index (χ0v) is 17.2. The first-order valence-electron chi connectivity index (χ1n) is 10.5. The number of nitrogens with zero attached hydrogens (tertiary/aromatic N) is 2. The Morgan fingerprint density at radius 1 is 0.800 bits per heavy atom. The van der Waals surface area contributed by atoms with Crippen LogP contribution in [0.3, 0.4) is 0 Å². The summed E-state index contributed by atoms with van der Waals surface area (Å²) in [6.45, 7) is 5.12. The molecule has 30 heavy (non-hydrogen) atoms. The summed E-state index contributed by atoms with van der Waals surface area (Å²) < 4.78 is 11.1. The molecule has 0 unspecified atom stereocenters. The van der Waals surface area contributed by atoms with Gasteiger partial charge in [0.1, 0.15) is 19.0 Å². The van der Waals surface area contributed by atoms with E-state index in [9.17, 15) is 4.79 Å². The molecule has 5 nitrogen and oxygen atoms in total. The molecular weight excluding hydrogens is 376 g/mol. The number of ether oxygens (including phenoxy) is 2. The molecule has 1 aliphatic rings. The molecule has 4 rings (SSSR count). The van der Waals surface area contributed by atoms with Crippen molar-refractivity contribution in [3.05, 3.63) is 78.4 Å². The topological polar surface area (TPSA) is 42.0 Å². The van der Waals surface area contributed by atoms with Crippen LogP contribution in [0.4, 0.5) is 0 Å². The van der Waals surface area contributed by atoms with Crippen molar-refractivity contribution in [3.8, 4) is 5.75 Å². The predicted octanol–water partition coefficient (Wildman–Crippen LogP) is 3.58. The molecule has 1 heterocycles. The number of para-hydroxylation sites is 1. The molecule has 0 aliphatic carbocycles. The highest BCUT2D eigenvalue weighted by Gasteiger charge is 2.21. The monoisotopic (exact) mass is 404 g/mol. The van der Waals surface area contributed by atoms with Crippen LogP contribution < -0.4 is 4.74 Å². The zero-order valence-electron chi connectivity index (χ0n) is 17.2. The van der Waals surface area contributed by atoms with Crippen molar-refractivity contribution in [2.45, 2.75) is 6.54 Å². The van der Waals surface area contributed by atoms with E-state index >= 15 is 0 Å². The Labute approximate surface area is 177 Å². The van der Waals surface area contributed by atoms with Gasteiger partial charge in [-0.15, -0.1) is 0 Å². The summed E-state index contributed by atoms with van der Waals surface area (Å²) in [5.41, 5.74) is 1.34. The summed E-state index contributed by atoms with van der Waals surface area (Å²) in [5, 5.41) is 2.59. The van der Waals surface area contributed by atoms with Crippen LogP contribution in [0.5, 0.6) is 5.75 Å². The molecular formula is C25H28N2O3. The van der Waals surface area contributed by atoms with Gasteiger partial charge in [-0.1, -0.05) is 60.7 Å². The fourth-order valence-electron chi connectivity index (χ4n) is 3.81. The summed E-state index contributed by atoms with van der Waals surface area (Å²) in [6.07, 6.45) is 0. The van der Waals surface area contributed by atoms with Crippen LogP contribution in [0.1, 0.15) is 5.56 Å². The molecule has 156 valence electrons. The molecule has 0 aromatic heterocycles. The molecule has 5 heteroatoms. The number of carbonyl (C=O) groups excluding carboxylic acids is 1. The average Bonchev–Trinajstić information content (AvgIpc) is 2.80. The molecule has 0 atom stereocenters. The second kappa shape index (κ2) is 10.2. The van der Waals surface area contributed by atoms with Crippen molar-refractivity contribution in [2.75, 3.05) is 46.0 Å². The number of benzene rings is 3. The van der Waals surface area contributed by atoms with Crippen LogP contribution in [0.2, 0.25) is 0 Å². The minimum Gasteiger partial charge on any atom is -0.491 e. The first-order valence-corrected chi connectivity index (χ1v) is 10.5. The van der Waals surface area contributed by atoms with Gasteiger partial charge in [0.25, 0.3) is 0 Å². The summed E-state index contributed by atoms with van der Waals surface area (Å²) >= 11 is 0. The third kappa shape index (κ3) is 5.38. The number of fused-ring (bicyclic) bond motifs is 1. The van der Waals surface area contributed by atoms with E-state index in [1.165, 1.54) is 16.3 Å². The normalized spacial score (nSPS) is 14.7. The standard InChI is InChI=1S/C25H28N2O3/c28-25(20-29-17-18-30-23-10-2-1-3-11-23)27-15-13-26(14-16-27)19-22-9-6-8-21-7-4-5-12-24(21)22/h1-12H,13-20H2. The minimum atomic E-state index is 0.0551. The average molecular weight is 405 g/mol. The van der Waals surface area contributed by atoms with E-state index in [1.807, 2.05) is 35.2 Å². The van der Waals surface area contributed by atoms with E-state index in [1.54, 1.807) is 0 Å². The Kier molecular flexibility index (Phi) is 6.95. The van der Waals surface area contributed by atoms with Crippen molar-refractivity contribution in [1.82, 2.24) is 9.80 Å².